The van der Waals surface area contributed by atoms with Crippen LogP contribution in [0.3, 0.4) is 0 Å². The normalized spacial score (nSPS) is 16.7. The molecule has 2 heterocycles. The van der Waals surface area contributed by atoms with E-state index in [1.165, 1.54) is 18.2 Å². The van der Waals surface area contributed by atoms with Crippen molar-refractivity contribution in [3.63, 3.8) is 0 Å². The standard InChI is InChI=1S/C20H28N4O4S/c1-4-24-9-5-6-15(24)11-21-18(25)12-29-13-19-22-20(23-28-19)14-7-8-16(26-2)17(10-14)27-3/h7-8,10,15H,4-6,9,11-13H2,1-3H3,(H,21,25)/t15-/m0/s1. The fraction of sp³-hybridized carbons (Fsp3) is 0.550. The van der Waals surface area contributed by atoms with E-state index >= 15 is 0 Å². The Morgan fingerprint density at radius 2 is 2.17 bits per heavy atom. The Bertz CT molecular complexity index is 814. The van der Waals surface area contributed by atoms with Crippen LogP contribution in [0.15, 0.2) is 22.7 Å². The van der Waals surface area contributed by atoms with Crippen LogP contribution in [0.2, 0.25) is 0 Å². The first-order chi connectivity index (χ1) is 14.1. The van der Waals surface area contributed by atoms with E-state index in [0.717, 1.165) is 31.6 Å². The van der Waals surface area contributed by atoms with Crippen molar-refractivity contribution in [3.8, 4) is 22.9 Å². The quantitative estimate of drug-likeness (QED) is 0.627. The van der Waals surface area contributed by atoms with Crippen LogP contribution in [0.1, 0.15) is 25.7 Å². The highest BCUT2D eigenvalue weighted by atomic mass is 32.2. The smallest absolute Gasteiger partial charge is 0.236 e. The Balaban J connectivity index is 1.45. The molecule has 0 bridgehead atoms. The first kappa shape index (κ1) is 21.4. The number of methoxy groups -OCH3 is 2. The zero-order chi connectivity index (χ0) is 20.6. The van der Waals surface area contributed by atoms with Crippen LogP contribution < -0.4 is 14.8 Å². The Morgan fingerprint density at radius 3 is 2.93 bits per heavy atom. The van der Waals surface area contributed by atoms with E-state index in [4.69, 9.17) is 14.0 Å². The van der Waals surface area contributed by atoms with Crippen LogP contribution in [-0.2, 0) is 10.5 Å². The van der Waals surface area contributed by atoms with Gasteiger partial charge in [0.05, 0.1) is 25.7 Å². The lowest BCUT2D eigenvalue weighted by Gasteiger charge is -2.22. The number of ether oxygens (including phenoxy) is 2. The lowest BCUT2D eigenvalue weighted by atomic mass is 10.2. The van der Waals surface area contributed by atoms with Crippen molar-refractivity contribution in [2.75, 3.05) is 39.6 Å². The molecule has 0 saturated carbocycles. The molecule has 3 rings (SSSR count). The van der Waals surface area contributed by atoms with Crippen LogP contribution in [0.5, 0.6) is 11.5 Å². The zero-order valence-corrected chi connectivity index (χ0v) is 18.0. The highest BCUT2D eigenvalue weighted by molar-refractivity contribution is 7.99. The maximum absolute atomic E-state index is 12.1. The molecule has 1 atom stereocenters. The summed E-state index contributed by atoms with van der Waals surface area (Å²) in [6.45, 7) is 5.05. The van der Waals surface area contributed by atoms with Gasteiger partial charge in [0.2, 0.25) is 17.6 Å². The van der Waals surface area contributed by atoms with Crippen molar-refractivity contribution in [2.45, 2.75) is 31.6 Å². The zero-order valence-electron chi connectivity index (χ0n) is 17.1. The second-order valence-electron chi connectivity index (χ2n) is 6.80. The molecule has 0 radical (unpaired) electrons. The largest absolute Gasteiger partial charge is 0.493 e. The number of carbonyl (C=O) groups is 1. The van der Waals surface area contributed by atoms with E-state index in [-0.39, 0.29) is 5.91 Å². The number of benzene rings is 1. The first-order valence-corrected chi connectivity index (χ1v) is 10.9. The summed E-state index contributed by atoms with van der Waals surface area (Å²) in [6.07, 6.45) is 2.37. The molecule has 29 heavy (non-hydrogen) atoms. The number of thioether (sulfide) groups is 1. The van der Waals surface area contributed by atoms with E-state index in [1.807, 2.05) is 6.07 Å². The fourth-order valence-electron chi connectivity index (χ4n) is 3.46. The second kappa shape index (κ2) is 10.5. The third-order valence-corrected chi connectivity index (χ3v) is 5.93. The van der Waals surface area contributed by atoms with E-state index in [0.29, 0.717) is 40.8 Å². The predicted molar refractivity (Wildman–Crippen MR) is 112 cm³/mol. The van der Waals surface area contributed by atoms with Gasteiger partial charge in [-0.1, -0.05) is 12.1 Å². The molecule has 0 aliphatic carbocycles. The van der Waals surface area contributed by atoms with Crippen LogP contribution in [-0.4, -0.2) is 66.6 Å². The Labute approximate surface area is 175 Å². The Kier molecular flexibility index (Phi) is 7.76. The average Bonchev–Trinajstić information content (AvgIpc) is 3.41. The molecule has 9 heteroatoms. The molecule has 158 valence electrons. The minimum Gasteiger partial charge on any atom is -0.493 e. The Hall–Kier alpha value is -2.26. The van der Waals surface area contributed by atoms with Crippen molar-refractivity contribution in [2.24, 2.45) is 0 Å². The number of nitrogens with one attached hydrogen (secondary N) is 1. The number of likely N-dealkylation sites (N-methyl/N-ethyl adjacent to an activating group) is 1. The van der Waals surface area contributed by atoms with Gasteiger partial charge in [-0.3, -0.25) is 9.69 Å². The summed E-state index contributed by atoms with van der Waals surface area (Å²) in [5.41, 5.74) is 0.775. The summed E-state index contributed by atoms with van der Waals surface area (Å²) in [6, 6.07) is 5.91. The number of amides is 1. The summed E-state index contributed by atoms with van der Waals surface area (Å²) < 4.78 is 15.9. The number of hydrogen-bond donors (Lipinski definition) is 1. The second-order valence-corrected chi connectivity index (χ2v) is 7.79. The predicted octanol–water partition coefficient (Wildman–Crippen LogP) is 2.59. The molecule has 1 aromatic heterocycles. The molecule has 0 unspecified atom stereocenters. The van der Waals surface area contributed by atoms with Gasteiger partial charge in [0.25, 0.3) is 0 Å². The van der Waals surface area contributed by atoms with Gasteiger partial charge in [-0.05, 0) is 44.1 Å². The van der Waals surface area contributed by atoms with E-state index in [1.54, 1.807) is 26.4 Å². The van der Waals surface area contributed by atoms with Gasteiger partial charge in [-0.25, -0.2) is 0 Å². The van der Waals surface area contributed by atoms with Gasteiger partial charge < -0.3 is 19.3 Å². The molecule has 2 aromatic rings. The van der Waals surface area contributed by atoms with Gasteiger partial charge in [0, 0.05) is 18.2 Å². The maximum atomic E-state index is 12.1. The van der Waals surface area contributed by atoms with Gasteiger partial charge in [0.15, 0.2) is 11.5 Å². The summed E-state index contributed by atoms with van der Waals surface area (Å²) in [7, 11) is 3.17. The fourth-order valence-corrected chi connectivity index (χ4v) is 4.14. The SMILES string of the molecule is CCN1CCC[C@H]1CNC(=O)CSCc1nc(-c2ccc(OC)c(OC)c2)no1. The number of aromatic nitrogens is 2. The molecule has 1 aromatic carbocycles. The van der Waals surface area contributed by atoms with Crippen LogP contribution in [0.4, 0.5) is 0 Å². The summed E-state index contributed by atoms with van der Waals surface area (Å²) in [5, 5.41) is 7.06. The van der Waals surface area contributed by atoms with Crippen molar-refractivity contribution < 1.29 is 18.8 Å². The van der Waals surface area contributed by atoms with Gasteiger partial charge in [-0.15, -0.1) is 11.8 Å². The molecular weight excluding hydrogens is 392 g/mol. The number of carbonyl (C=O) groups excluding carboxylic acids is 1. The molecule has 0 spiro atoms. The lowest BCUT2D eigenvalue weighted by Crippen LogP contribution is -2.40. The van der Waals surface area contributed by atoms with E-state index < -0.39 is 0 Å². The molecule has 1 amide bonds. The molecule has 1 N–H and O–H groups in total. The van der Waals surface area contributed by atoms with Crippen molar-refractivity contribution >= 4 is 17.7 Å². The Morgan fingerprint density at radius 1 is 1.34 bits per heavy atom. The minimum absolute atomic E-state index is 0.0394. The third-order valence-electron chi connectivity index (χ3n) is 5.01. The maximum Gasteiger partial charge on any atom is 0.236 e. The van der Waals surface area contributed by atoms with Gasteiger partial charge in [-0.2, -0.15) is 4.98 Å². The molecule has 8 nitrogen and oxygen atoms in total. The number of nitrogens with zero attached hydrogens (tertiary/aromatic N) is 3. The minimum atomic E-state index is 0.0394. The van der Waals surface area contributed by atoms with E-state index in [2.05, 4.69) is 27.3 Å². The number of hydrogen-bond acceptors (Lipinski definition) is 8. The highest BCUT2D eigenvalue weighted by Crippen LogP contribution is 2.31. The monoisotopic (exact) mass is 420 g/mol. The third kappa shape index (κ3) is 5.63. The lowest BCUT2D eigenvalue weighted by molar-refractivity contribution is -0.118. The number of likely N-dealkylation sites (tertiary alicyclic amines) is 1. The van der Waals surface area contributed by atoms with Gasteiger partial charge in [0.1, 0.15) is 0 Å². The van der Waals surface area contributed by atoms with Crippen molar-refractivity contribution in [3.05, 3.63) is 24.1 Å². The molecular formula is C20H28N4O4S. The van der Waals surface area contributed by atoms with E-state index in [9.17, 15) is 4.79 Å². The van der Waals surface area contributed by atoms with Crippen LogP contribution in [0.25, 0.3) is 11.4 Å². The molecule has 1 saturated heterocycles. The highest BCUT2D eigenvalue weighted by Gasteiger charge is 2.23. The van der Waals surface area contributed by atoms with Crippen molar-refractivity contribution in [1.82, 2.24) is 20.4 Å². The van der Waals surface area contributed by atoms with Crippen molar-refractivity contribution in [1.29, 1.82) is 0 Å². The summed E-state index contributed by atoms with van der Waals surface area (Å²) in [5.74, 6) is 3.10. The van der Waals surface area contributed by atoms with Crippen LogP contribution >= 0.6 is 11.8 Å². The topological polar surface area (TPSA) is 89.7 Å². The summed E-state index contributed by atoms with van der Waals surface area (Å²) >= 11 is 1.46. The van der Waals surface area contributed by atoms with Gasteiger partial charge >= 0.3 is 0 Å². The van der Waals surface area contributed by atoms with Crippen LogP contribution in [0, 0.1) is 0 Å². The molecule has 1 fully saturated rings. The average molecular weight is 421 g/mol. The summed E-state index contributed by atoms with van der Waals surface area (Å²) in [4.78, 5) is 18.9. The first-order valence-electron chi connectivity index (χ1n) is 9.78. The number of rotatable bonds is 10. The molecule has 1 aliphatic heterocycles. The molecule has 1 aliphatic rings.